The molecule has 0 amide bonds. The van der Waals surface area contributed by atoms with Crippen LogP contribution in [0.1, 0.15) is 56.8 Å². The van der Waals surface area contributed by atoms with E-state index in [9.17, 15) is 0 Å². The minimum absolute atomic E-state index is 0.101. The molecule has 0 spiro atoms. The van der Waals surface area contributed by atoms with Crippen molar-refractivity contribution in [3.8, 4) is 0 Å². The first-order chi connectivity index (χ1) is 9.58. The van der Waals surface area contributed by atoms with Crippen molar-refractivity contribution in [2.45, 2.75) is 50.9 Å². The second-order valence-electron chi connectivity index (χ2n) is 5.99. The van der Waals surface area contributed by atoms with E-state index in [0.29, 0.717) is 6.04 Å². The molecule has 4 heteroatoms. The molecule has 0 N–H and O–H groups in total. The van der Waals surface area contributed by atoms with E-state index in [1.54, 1.807) is 0 Å². The van der Waals surface area contributed by atoms with E-state index in [1.807, 2.05) is 25.1 Å². The summed E-state index contributed by atoms with van der Waals surface area (Å²) in [6.07, 6.45) is 4.97. The molecule has 2 nitrogen and oxygen atoms in total. The fraction of sp³-hybridized carbons (Fsp3) is 0.562. The number of halogens is 2. The third-order valence-corrected chi connectivity index (χ3v) is 4.82. The SMILES string of the molecule is CC1CCCC(n2c(C(C)Cl)nc3cccc(Cl)c32)C1. The summed E-state index contributed by atoms with van der Waals surface area (Å²) in [7, 11) is 0. The van der Waals surface area contributed by atoms with E-state index < -0.39 is 0 Å². The molecule has 2 aromatic rings. The lowest BCUT2D eigenvalue weighted by Crippen LogP contribution is -2.19. The van der Waals surface area contributed by atoms with Crippen molar-refractivity contribution in [1.29, 1.82) is 0 Å². The zero-order chi connectivity index (χ0) is 14.3. The summed E-state index contributed by atoms with van der Waals surface area (Å²) in [6.45, 7) is 4.32. The molecule has 1 heterocycles. The predicted octanol–water partition coefficient (Wildman–Crippen LogP) is 5.74. The Morgan fingerprint density at radius 1 is 1.35 bits per heavy atom. The molecule has 0 radical (unpaired) electrons. The molecule has 108 valence electrons. The number of fused-ring (bicyclic) bond motifs is 1. The Balaban J connectivity index is 2.18. The summed E-state index contributed by atoms with van der Waals surface area (Å²) < 4.78 is 2.31. The van der Waals surface area contributed by atoms with Crippen LogP contribution >= 0.6 is 23.2 Å². The van der Waals surface area contributed by atoms with Crippen LogP contribution in [-0.2, 0) is 0 Å². The van der Waals surface area contributed by atoms with Crippen LogP contribution in [0.25, 0.3) is 11.0 Å². The molecule has 3 atom stereocenters. The zero-order valence-electron chi connectivity index (χ0n) is 11.9. The number of nitrogens with zero attached hydrogens (tertiary/aromatic N) is 2. The second-order valence-corrected chi connectivity index (χ2v) is 7.05. The third kappa shape index (κ3) is 2.44. The first-order valence-electron chi connectivity index (χ1n) is 7.38. The Labute approximate surface area is 130 Å². The van der Waals surface area contributed by atoms with Crippen molar-refractivity contribution in [3.63, 3.8) is 0 Å². The van der Waals surface area contributed by atoms with Crippen LogP contribution in [0.2, 0.25) is 5.02 Å². The molecule has 1 aliphatic carbocycles. The van der Waals surface area contributed by atoms with Crippen LogP contribution in [0.5, 0.6) is 0 Å². The molecule has 1 aromatic carbocycles. The number of hydrogen-bond donors (Lipinski definition) is 0. The van der Waals surface area contributed by atoms with Gasteiger partial charge in [0.15, 0.2) is 0 Å². The molecule has 20 heavy (non-hydrogen) atoms. The first kappa shape index (κ1) is 14.2. The Morgan fingerprint density at radius 3 is 2.85 bits per heavy atom. The normalized spacial score (nSPS) is 25.0. The maximum absolute atomic E-state index is 6.43. The molecule has 1 aliphatic rings. The van der Waals surface area contributed by atoms with Crippen LogP contribution in [0.4, 0.5) is 0 Å². The van der Waals surface area contributed by atoms with Gasteiger partial charge in [0.1, 0.15) is 5.82 Å². The van der Waals surface area contributed by atoms with E-state index in [1.165, 1.54) is 25.7 Å². The molecule has 0 aliphatic heterocycles. The molecule has 1 fully saturated rings. The summed E-state index contributed by atoms with van der Waals surface area (Å²) in [4.78, 5) is 4.72. The number of benzene rings is 1. The fourth-order valence-electron chi connectivity index (χ4n) is 3.41. The maximum Gasteiger partial charge on any atom is 0.128 e. The number of hydrogen-bond acceptors (Lipinski definition) is 1. The largest absolute Gasteiger partial charge is 0.322 e. The highest BCUT2D eigenvalue weighted by Crippen LogP contribution is 2.39. The molecular formula is C16H20Cl2N2. The van der Waals surface area contributed by atoms with Crippen molar-refractivity contribution in [2.24, 2.45) is 5.92 Å². The minimum Gasteiger partial charge on any atom is -0.322 e. The van der Waals surface area contributed by atoms with Gasteiger partial charge in [-0.05, 0) is 37.8 Å². The highest BCUT2D eigenvalue weighted by molar-refractivity contribution is 6.35. The lowest BCUT2D eigenvalue weighted by molar-refractivity contribution is 0.282. The third-order valence-electron chi connectivity index (χ3n) is 4.32. The van der Waals surface area contributed by atoms with Crippen LogP contribution in [0, 0.1) is 5.92 Å². The number of para-hydroxylation sites is 1. The Morgan fingerprint density at radius 2 is 2.15 bits per heavy atom. The van der Waals surface area contributed by atoms with Gasteiger partial charge < -0.3 is 4.57 Å². The average Bonchev–Trinajstić information content (AvgIpc) is 2.80. The molecule has 0 saturated heterocycles. The Bertz CT molecular complexity index is 618. The predicted molar refractivity (Wildman–Crippen MR) is 85.7 cm³/mol. The summed E-state index contributed by atoms with van der Waals surface area (Å²) in [5.41, 5.74) is 2.01. The van der Waals surface area contributed by atoms with Gasteiger partial charge in [0.25, 0.3) is 0 Å². The maximum atomic E-state index is 6.43. The van der Waals surface area contributed by atoms with Crippen molar-refractivity contribution < 1.29 is 0 Å². The highest BCUT2D eigenvalue weighted by atomic mass is 35.5. The lowest BCUT2D eigenvalue weighted by atomic mass is 9.86. The lowest BCUT2D eigenvalue weighted by Gasteiger charge is -2.30. The highest BCUT2D eigenvalue weighted by Gasteiger charge is 2.26. The van der Waals surface area contributed by atoms with Gasteiger partial charge in [0.2, 0.25) is 0 Å². The summed E-state index contributed by atoms with van der Waals surface area (Å²) in [5, 5.41) is 0.674. The van der Waals surface area contributed by atoms with Crippen LogP contribution in [-0.4, -0.2) is 9.55 Å². The van der Waals surface area contributed by atoms with Crippen molar-refractivity contribution in [2.75, 3.05) is 0 Å². The molecule has 3 rings (SSSR count). The van der Waals surface area contributed by atoms with Crippen LogP contribution in [0.3, 0.4) is 0 Å². The molecular weight excluding hydrogens is 291 g/mol. The minimum atomic E-state index is -0.101. The van der Waals surface area contributed by atoms with E-state index in [0.717, 1.165) is 27.8 Å². The van der Waals surface area contributed by atoms with E-state index in [2.05, 4.69) is 11.5 Å². The Kier molecular flexibility index (Phi) is 3.96. The van der Waals surface area contributed by atoms with E-state index in [4.69, 9.17) is 28.2 Å². The van der Waals surface area contributed by atoms with Gasteiger partial charge in [-0.25, -0.2) is 4.98 Å². The standard InChI is InChI=1S/C16H20Cl2N2/c1-10-5-3-6-12(9-10)20-15-13(18)7-4-8-14(15)19-16(20)11(2)17/h4,7-8,10-12H,3,5-6,9H2,1-2H3. The number of alkyl halides is 1. The van der Waals surface area contributed by atoms with Crippen LogP contribution < -0.4 is 0 Å². The van der Waals surface area contributed by atoms with E-state index >= 15 is 0 Å². The van der Waals surface area contributed by atoms with Crippen molar-refractivity contribution in [1.82, 2.24) is 9.55 Å². The fourth-order valence-corrected chi connectivity index (χ4v) is 3.83. The molecule has 0 bridgehead atoms. The molecule has 1 aromatic heterocycles. The average molecular weight is 311 g/mol. The van der Waals surface area contributed by atoms with Gasteiger partial charge in [-0.2, -0.15) is 0 Å². The summed E-state index contributed by atoms with van der Waals surface area (Å²) >= 11 is 12.8. The quantitative estimate of drug-likeness (QED) is 0.647. The zero-order valence-corrected chi connectivity index (χ0v) is 13.5. The number of aromatic nitrogens is 2. The second kappa shape index (κ2) is 5.57. The van der Waals surface area contributed by atoms with E-state index in [-0.39, 0.29) is 5.38 Å². The topological polar surface area (TPSA) is 17.8 Å². The first-order valence-corrected chi connectivity index (χ1v) is 8.19. The smallest absolute Gasteiger partial charge is 0.128 e. The molecule has 3 unspecified atom stereocenters. The van der Waals surface area contributed by atoms with Gasteiger partial charge >= 0.3 is 0 Å². The van der Waals surface area contributed by atoms with Gasteiger partial charge in [-0.15, -0.1) is 11.6 Å². The van der Waals surface area contributed by atoms with Crippen molar-refractivity contribution >= 4 is 34.2 Å². The van der Waals surface area contributed by atoms with Gasteiger partial charge in [0, 0.05) is 6.04 Å². The summed E-state index contributed by atoms with van der Waals surface area (Å²) in [6, 6.07) is 6.39. The Hall–Kier alpha value is -0.730. The monoisotopic (exact) mass is 310 g/mol. The van der Waals surface area contributed by atoms with Gasteiger partial charge in [-0.3, -0.25) is 0 Å². The van der Waals surface area contributed by atoms with Crippen LogP contribution in [0.15, 0.2) is 18.2 Å². The molecule has 1 saturated carbocycles. The van der Waals surface area contributed by atoms with Gasteiger partial charge in [0.05, 0.1) is 21.4 Å². The van der Waals surface area contributed by atoms with Crippen molar-refractivity contribution in [3.05, 3.63) is 29.0 Å². The number of rotatable bonds is 2. The number of imidazole rings is 1. The summed E-state index contributed by atoms with van der Waals surface area (Å²) in [5.74, 6) is 1.71. The van der Waals surface area contributed by atoms with Gasteiger partial charge in [-0.1, -0.05) is 37.4 Å².